The molecule has 0 aromatic heterocycles. The number of phenolic OH excluding ortho intramolecular Hbond substituents is 2. The Hall–Kier alpha value is -2.56. The van der Waals surface area contributed by atoms with Crippen molar-refractivity contribution in [2.75, 3.05) is 11.5 Å². The van der Waals surface area contributed by atoms with Gasteiger partial charge in [-0.2, -0.15) is 43.2 Å². The summed E-state index contributed by atoms with van der Waals surface area (Å²) in [5.41, 5.74) is -8.27. The molecule has 0 bridgehead atoms. The highest BCUT2D eigenvalue weighted by atomic mass is 32.2. The molecule has 208 valence electrons. The van der Waals surface area contributed by atoms with E-state index in [9.17, 15) is 53.4 Å². The van der Waals surface area contributed by atoms with Gasteiger partial charge in [-0.1, -0.05) is 24.3 Å². The standard InChI is InChI=1S/C21H22F6O8S2/c22-20(23,24)19(21(25,26)27,15-5-7-17(28)13(11-15)3-1-9-36(30,31)32)16-6-8-18(29)14(12-16)4-2-10-37(33,34)35/h5-8,11-12,28-29H,1-4,9-10H2,(H,30,31,32)(H,33,34,35). The van der Waals surface area contributed by atoms with Crippen molar-refractivity contribution < 1.29 is 62.5 Å². The zero-order valence-electron chi connectivity index (χ0n) is 18.7. The Morgan fingerprint density at radius 3 is 1.22 bits per heavy atom. The third-order valence-electron chi connectivity index (χ3n) is 5.57. The van der Waals surface area contributed by atoms with Gasteiger partial charge in [-0.3, -0.25) is 9.11 Å². The van der Waals surface area contributed by atoms with E-state index in [4.69, 9.17) is 9.11 Å². The van der Waals surface area contributed by atoms with E-state index in [1.54, 1.807) is 0 Å². The molecule has 37 heavy (non-hydrogen) atoms. The van der Waals surface area contributed by atoms with E-state index in [2.05, 4.69) is 0 Å². The van der Waals surface area contributed by atoms with Gasteiger partial charge in [0.25, 0.3) is 20.2 Å². The van der Waals surface area contributed by atoms with Gasteiger partial charge in [0.1, 0.15) is 11.5 Å². The first-order valence-electron chi connectivity index (χ1n) is 10.4. The lowest BCUT2D eigenvalue weighted by Crippen LogP contribution is -2.54. The van der Waals surface area contributed by atoms with Crippen LogP contribution < -0.4 is 0 Å². The van der Waals surface area contributed by atoms with E-state index in [-0.39, 0.29) is 0 Å². The molecule has 8 nitrogen and oxygen atoms in total. The Labute approximate surface area is 208 Å². The smallest absolute Gasteiger partial charge is 0.411 e. The quantitative estimate of drug-likeness (QED) is 0.242. The summed E-state index contributed by atoms with van der Waals surface area (Å²) in [6.45, 7) is 0. The Bertz CT molecular complexity index is 1230. The molecule has 0 heterocycles. The summed E-state index contributed by atoms with van der Waals surface area (Å²) in [7, 11) is -8.96. The fourth-order valence-electron chi connectivity index (χ4n) is 3.91. The van der Waals surface area contributed by atoms with Crippen LogP contribution in [0.15, 0.2) is 36.4 Å². The van der Waals surface area contributed by atoms with Crippen molar-refractivity contribution in [2.24, 2.45) is 0 Å². The summed E-state index contributed by atoms with van der Waals surface area (Å²) in [6, 6.07) is 2.88. The zero-order valence-corrected chi connectivity index (χ0v) is 20.3. The van der Waals surface area contributed by atoms with Gasteiger partial charge in [0.15, 0.2) is 0 Å². The Balaban J connectivity index is 2.72. The lowest BCUT2D eigenvalue weighted by atomic mass is 9.72. The van der Waals surface area contributed by atoms with Crippen molar-refractivity contribution in [3.05, 3.63) is 58.7 Å². The number of phenols is 2. The Morgan fingerprint density at radius 2 is 0.946 bits per heavy atom. The molecule has 2 aromatic carbocycles. The first-order valence-corrected chi connectivity index (χ1v) is 13.6. The van der Waals surface area contributed by atoms with E-state index >= 15 is 0 Å². The van der Waals surface area contributed by atoms with Crippen LogP contribution in [0.4, 0.5) is 26.3 Å². The van der Waals surface area contributed by atoms with Crippen molar-refractivity contribution in [3.63, 3.8) is 0 Å². The van der Waals surface area contributed by atoms with Crippen molar-refractivity contribution in [1.29, 1.82) is 0 Å². The fourth-order valence-corrected chi connectivity index (χ4v) is 4.93. The third-order valence-corrected chi connectivity index (χ3v) is 7.18. The second-order valence-electron chi connectivity index (χ2n) is 8.21. The molecule has 0 spiro atoms. The highest BCUT2D eigenvalue weighted by Gasteiger charge is 2.72. The number of aromatic hydroxyl groups is 2. The highest BCUT2D eigenvalue weighted by Crippen LogP contribution is 2.57. The summed E-state index contributed by atoms with van der Waals surface area (Å²) in [5.74, 6) is -3.11. The van der Waals surface area contributed by atoms with Crippen LogP contribution in [-0.4, -0.2) is 60.0 Å². The molecule has 0 aliphatic heterocycles. The molecule has 16 heteroatoms. The number of alkyl halides is 6. The van der Waals surface area contributed by atoms with E-state index in [1.807, 2.05) is 0 Å². The van der Waals surface area contributed by atoms with Gasteiger partial charge in [0, 0.05) is 0 Å². The number of aryl methyl sites for hydroxylation is 2. The number of benzene rings is 2. The van der Waals surface area contributed by atoms with Crippen LogP contribution in [0.5, 0.6) is 11.5 Å². The first kappa shape index (κ1) is 30.7. The number of rotatable bonds is 10. The van der Waals surface area contributed by atoms with Crippen LogP contribution in [0.1, 0.15) is 35.1 Å². The normalized spacial score (nSPS) is 13.6. The molecule has 0 amide bonds. The monoisotopic (exact) mass is 580 g/mol. The molecule has 0 aliphatic carbocycles. The van der Waals surface area contributed by atoms with Crippen molar-refractivity contribution in [2.45, 2.75) is 43.5 Å². The lowest BCUT2D eigenvalue weighted by molar-refractivity contribution is -0.288. The van der Waals surface area contributed by atoms with E-state index in [0.717, 1.165) is 0 Å². The fraction of sp³-hybridized carbons (Fsp3) is 0.429. The average molecular weight is 581 g/mol. The van der Waals surface area contributed by atoms with E-state index in [1.165, 1.54) is 0 Å². The van der Waals surface area contributed by atoms with Crippen molar-refractivity contribution >= 4 is 20.2 Å². The molecular formula is C21H22F6O8S2. The minimum Gasteiger partial charge on any atom is -0.508 e. The Morgan fingerprint density at radius 1 is 0.622 bits per heavy atom. The van der Waals surface area contributed by atoms with Gasteiger partial charge in [0.05, 0.1) is 11.5 Å². The van der Waals surface area contributed by atoms with Crippen LogP contribution >= 0.6 is 0 Å². The summed E-state index contributed by atoms with van der Waals surface area (Å²) < 4.78 is 148. The minimum absolute atomic E-state index is 0.410. The van der Waals surface area contributed by atoms with Gasteiger partial charge >= 0.3 is 12.4 Å². The van der Waals surface area contributed by atoms with Gasteiger partial charge in [-0.05, 0) is 60.1 Å². The Kier molecular flexibility index (Phi) is 8.84. The highest BCUT2D eigenvalue weighted by molar-refractivity contribution is 7.86. The summed E-state index contributed by atoms with van der Waals surface area (Å²) in [6.07, 6.45) is -13.8. The number of hydrogen-bond acceptors (Lipinski definition) is 6. The van der Waals surface area contributed by atoms with Crippen LogP contribution in [0.3, 0.4) is 0 Å². The maximum absolute atomic E-state index is 14.5. The molecule has 0 saturated carbocycles. The summed E-state index contributed by atoms with van der Waals surface area (Å²) >= 11 is 0. The average Bonchev–Trinajstić information content (AvgIpc) is 2.68. The molecule has 0 unspecified atom stereocenters. The molecule has 0 fully saturated rings. The second kappa shape index (κ2) is 10.7. The van der Waals surface area contributed by atoms with Gasteiger partial charge < -0.3 is 10.2 Å². The van der Waals surface area contributed by atoms with E-state index in [0.29, 0.717) is 36.4 Å². The number of hydrogen-bond donors (Lipinski definition) is 4. The van der Waals surface area contributed by atoms with Gasteiger partial charge in [0.2, 0.25) is 5.41 Å². The molecule has 4 N–H and O–H groups in total. The second-order valence-corrected chi connectivity index (χ2v) is 11.4. The van der Waals surface area contributed by atoms with Crippen LogP contribution in [-0.2, 0) is 38.5 Å². The van der Waals surface area contributed by atoms with Gasteiger partial charge in [-0.15, -0.1) is 0 Å². The topological polar surface area (TPSA) is 149 Å². The minimum atomic E-state index is -6.02. The molecule has 0 aliphatic rings. The number of halogens is 6. The molecule has 2 rings (SSSR count). The summed E-state index contributed by atoms with van der Waals surface area (Å²) in [5, 5.41) is 19.9. The predicted octanol–water partition coefficient (Wildman–Crippen LogP) is 4.15. The van der Waals surface area contributed by atoms with Crippen molar-refractivity contribution in [1.82, 2.24) is 0 Å². The van der Waals surface area contributed by atoms with E-state index < -0.39 is 109 Å². The largest absolute Gasteiger partial charge is 0.508 e. The molecule has 0 radical (unpaired) electrons. The maximum Gasteiger partial charge on any atom is 0.411 e. The molecule has 0 atom stereocenters. The molecule has 2 aromatic rings. The lowest BCUT2D eigenvalue weighted by Gasteiger charge is -2.38. The van der Waals surface area contributed by atoms with Gasteiger partial charge in [-0.25, -0.2) is 0 Å². The van der Waals surface area contributed by atoms with Crippen LogP contribution in [0.25, 0.3) is 0 Å². The zero-order chi connectivity index (χ0) is 28.4. The molecule has 0 saturated heterocycles. The maximum atomic E-state index is 14.5. The van der Waals surface area contributed by atoms with Crippen molar-refractivity contribution in [3.8, 4) is 11.5 Å². The summed E-state index contributed by atoms with van der Waals surface area (Å²) in [4.78, 5) is 0. The third kappa shape index (κ3) is 7.27. The predicted molar refractivity (Wildman–Crippen MR) is 119 cm³/mol. The van der Waals surface area contributed by atoms with Crippen LogP contribution in [0.2, 0.25) is 0 Å². The SMILES string of the molecule is O=S(=O)(O)CCCc1cc(C(c2ccc(O)c(CCCS(=O)(=O)O)c2)(C(F)(F)F)C(F)(F)F)ccc1O. The first-order chi connectivity index (χ1) is 16.7. The molecular weight excluding hydrogens is 558 g/mol. The van der Waals surface area contributed by atoms with Crippen LogP contribution in [0, 0.1) is 0 Å².